The number of rotatable bonds is 5. The summed E-state index contributed by atoms with van der Waals surface area (Å²) in [5, 5.41) is 11.4. The van der Waals surface area contributed by atoms with Gasteiger partial charge in [-0.1, -0.05) is 0 Å². The van der Waals surface area contributed by atoms with E-state index in [9.17, 15) is 4.79 Å². The largest absolute Gasteiger partial charge is 0.486 e. The van der Waals surface area contributed by atoms with Crippen molar-refractivity contribution < 1.29 is 9.53 Å². The molecule has 0 atom stereocenters. The molecular weight excluding hydrogens is 314 g/mol. The van der Waals surface area contributed by atoms with Gasteiger partial charge in [0.05, 0.1) is 0 Å². The molecule has 1 aromatic carbocycles. The summed E-state index contributed by atoms with van der Waals surface area (Å²) in [5.74, 6) is 3.49. The van der Waals surface area contributed by atoms with Crippen LogP contribution in [0.3, 0.4) is 0 Å². The molecule has 2 aromatic rings. The van der Waals surface area contributed by atoms with Gasteiger partial charge in [-0.05, 0) is 41.6 Å². The van der Waals surface area contributed by atoms with Gasteiger partial charge in [0.25, 0.3) is 5.91 Å². The lowest BCUT2D eigenvalue weighted by atomic mass is 10.2. The number of hydrogen-bond acceptors (Lipinski definition) is 6. The number of tetrazole rings is 1. The average Bonchev–Trinajstić information content (AvgIpc) is 3.08. The summed E-state index contributed by atoms with van der Waals surface area (Å²) in [6, 6.07) is 7.24. The first kappa shape index (κ1) is 15.8. The predicted molar refractivity (Wildman–Crippen MR) is 87.5 cm³/mol. The third kappa shape index (κ3) is 3.82. The highest BCUT2D eigenvalue weighted by Gasteiger charge is 2.18. The zero-order chi connectivity index (χ0) is 16.1. The summed E-state index contributed by atoms with van der Waals surface area (Å²) in [6.07, 6.45) is 0. The van der Waals surface area contributed by atoms with Gasteiger partial charge in [-0.3, -0.25) is 4.79 Å². The van der Waals surface area contributed by atoms with Gasteiger partial charge in [-0.15, -0.1) is 5.10 Å². The molecule has 0 N–H and O–H groups in total. The van der Waals surface area contributed by atoms with E-state index >= 15 is 0 Å². The van der Waals surface area contributed by atoms with Crippen LogP contribution in [-0.4, -0.2) is 55.6 Å². The van der Waals surface area contributed by atoms with Gasteiger partial charge in [-0.25, -0.2) is 4.68 Å². The van der Waals surface area contributed by atoms with Gasteiger partial charge in [-0.2, -0.15) is 11.8 Å². The van der Waals surface area contributed by atoms with Crippen LogP contribution in [-0.2, 0) is 13.2 Å². The van der Waals surface area contributed by atoms with Crippen molar-refractivity contribution in [2.24, 2.45) is 0 Å². The number of carbonyl (C=O) groups excluding carboxylic acids is 1. The molecule has 0 spiro atoms. The summed E-state index contributed by atoms with van der Waals surface area (Å²) < 4.78 is 7.37. The first-order valence-corrected chi connectivity index (χ1v) is 8.78. The van der Waals surface area contributed by atoms with Crippen molar-refractivity contribution in [3.05, 3.63) is 35.7 Å². The smallest absolute Gasteiger partial charge is 0.253 e. The lowest BCUT2D eigenvalue weighted by Crippen LogP contribution is -2.37. The van der Waals surface area contributed by atoms with Crippen molar-refractivity contribution >= 4 is 17.7 Å². The van der Waals surface area contributed by atoms with Crippen molar-refractivity contribution in [1.82, 2.24) is 25.1 Å². The number of aryl methyl sites for hydroxylation is 1. The van der Waals surface area contributed by atoms with Crippen LogP contribution in [0, 0.1) is 0 Å². The summed E-state index contributed by atoms with van der Waals surface area (Å²) >= 11 is 1.89. The Kier molecular flexibility index (Phi) is 5.12. The number of ether oxygens (including phenoxy) is 1. The van der Waals surface area contributed by atoms with E-state index in [4.69, 9.17) is 4.74 Å². The van der Waals surface area contributed by atoms with Crippen LogP contribution in [0.1, 0.15) is 23.1 Å². The zero-order valence-electron chi connectivity index (χ0n) is 13.0. The van der Waals surface area contributed by atoms with E-state index in [1.54, 1.807) is 4.68 Å². The van der Waals surface area contributed by atoms with Gasteiger partial charge in [0.2, 0.25) is 0 Å². The van der Waals surface area contributed by atoms with Gasteiger partial charge >= 0.3 is 0 Å². The van der Waals surface area contributed by atoms with E-state index < -0.39 is 0 Å². The molecule has 1 aromatic heterocycles. The van der Waals surface area contributed by atoms with E-state index in [-0.39, 0.29) is 5.91 Å². The number of hydrogen-bond donors (Lipinski definition) is 0. The summed E-state index contributed by atoms with van der Waals surface area (Å²) in [5.41, 5.74) is 0.697. The third-order valence-electron chi connectivity index (χ3n) is 3.67. The molecule has 1 aliphatic heterocycles. The second kappa shape index (κ2) is 7.45. The molecule has 0 radical (unpaired) electrons. The summed E-state index contributed by atoms with van der Waals surface area (Å²) in [6.45, 7) is 4.62. The molecule has 0 bridgehead atoms. The van der Waals surface area contributed by atoms with E-state index in [1.807, 2.05) is 47.9 Å². The molecule has 122 valence electrons. The molecular formula is C15H19N5O2S. The second-order valence-electron chi connectivity index (χ2n) is 5.13. The van der Waals surface area contributed by atoms with Gasteiger partial charge in [0, 0.05) is 36.7 Å². The maximum atomic E-state index is 12.4. The minimum Gasteiger partial charge on any atom is -0.486 e. The van der Waals surface area contributed by atoms with E-state index in [0.29, 0.717) is 30.3 Å². The molecule has 1 saturated heterocycles. The number of thioether (sulfide) groups is 1. The molecule has 3 rings (SSSR count). The van der Waals surface area contributed by atoms with E-state index in [1.165, 1.54) is 0 Å². The predicted octanol–water partition coefficient (Wildman–Crippen LogP) is 1.46. The average molecular weight is 333 g/mol. The van der Waals surface area contributed by atoms with Gasteiger partial charge in [0.15, 0.2) is 5.82 Å². The number of aromatic nitrogens is 4. The topological polar surface area (TPSA) is 73.1 Å². The molecule has 7 nitrogen and oxygen atoms in total. The van der Waals surface area contributed by atoms with E-state index in [2.05, 4.69) is 15.5 Å². The fourth-order valence-electron chi connectivity index (χ4n) is 2.36. The fraction of sp³-hybridized carbons (Fsp3) is 0.467. The highest BCUT2D eigenvalue weighted by molar-refractivity contribution is 7.99. The number of nitrogens with zero attached hydrogens (tertiary/aromatic N) is 5. The van der Waals surface area contributed by atoms with Crippen LogP contribution >= 0.6 is 11.8 Å². The number of amides is 1. The zero-order valence-corrected chi connectivity index (χ0v) is 13.8. The van der Waals surface area contributed by atoms with Crippen molar-refractivity contribution in [3.8, 4) is 5.75 Å². The van der Waals surface area contributed by atoms with Crippen molar-refractivity contribution in [2.45, 2.75) is 20.1 Å². The Morgan fingerprint density at radius 3 is 2.70 bits per heavy atom. The lowest BCUT2D eigenvalue weighted by Gasteiger charge is -2.26. The molecule has 2 heterocycles. The SMILES string of the molecule is CCn1nnnc1COc1ccc(C(=O)N2CCSCC2)cc1. The highest BCUT2D eigenvalue weighted by Crippen LogP contribution is 2.17. The van der Waals surface area contributed by atoms with Crippen LogP contribution in [0.15, 0.2) is 24.3 Å². The number of carbonyl (C=O) groups is 1. The molecule has 0 unspecified atom stereocenters. The molecule has 1 amide bonds. The fourth-order valence-corrected chi connectivity index (χ4v) is 3.27. The Hall–Kier alpha value is -2.09. The maximum Gasteiger partial charge on any atom is 0.253 e. The Balaban J connectivity index is 1.59. The molecule has 1 aliphatic rings. The maximum absolute atomic E-state index is 12.4. The Morgan fingerprint density at radius 1 is 1.26 bits per heavy atom. The van der Waals surface area contributed by atoms with Crippen molar-refractivity contribution in [3.63, 3.8) is 0 Å². The summed E-state index contributed by atoms with van der Waals surface area (Å²) in [7, 11) is 0. The first-order valence-electron chi connectivity index (χ1n) is 7.63. The second-order valence-corrected chi connectivity index (χ2v) is 6.35. The lowest BCUT2D eigenvalue weighted by molar-refractivity contribution is 0.0772. The van der Waals surface area contributed by atoms with Gasteiger partial charge < -0.3 is 9.64 Å². The minimum atomic E-state index is 0.0896. The van der Waals surface area contributed by atoms with Crippen molar-refractivity contribution in [2.75, 3.05) is 24.6 Å². The monoisotopic (exact) mass is 333 g/mol. The quantitative estimate of drug-likeness (QED) is 0.825. The van der Waals surface area contributed by atoms with Gasteiger partial charge in [0.1, 0.15) is 12.4 Å². The standard InChI is InChI=1S/C15H19N5O2S/c1-2-20-14(16-17-18-20)11-22-13-5-3-12(4-6-13)15(21)19-7-9-23-10-8-19/h3-6H,2,7-11H2,1H3. The molecule has 0 aliphatic carbocycles. The van der Waals surface area contributed by atoms with Crippen LogP contribution in [0.25, 0.3) is 0 Å². The van der Waals surface area contributed by atoms with Crippen LogP contribution < -0.4 is 4.74 Å². The van der Waals surface area contributed by atoms with Crippen LogP contribution in [0.5, 0.6) is 5.75 Å². The highest BCUT2D eigenvalue weighted by atomic mass is 32.2. The van der Waals surface area contributed by atoms with Crippen LogP contribution in [0.4, 0.5) is 0 Å². The Labute approximate surface area is 139 Å². The van der Waals surface area contributed by atoms with Crippen molar-refractivity contribution in [1.29, 1.82) is 0 Å². The molecule has 1 fully saturated rings. The Bertz CT molecular complexity index is 652. The normalized spacial score (nSPS) is 14.7. The number of benzene rings is 1. The molecule has 0 saturated carbocycles. The third-order valence-corrected chi connectivity index (χ3v) is 4.62. The molecule has 8 heteroatoms. The minimum absolute atomic E-state index is 0.0896. The summed E-state index contributed by atoms with van der Waals surface area (Å²) in [4.78, 5) is 14.3. The Morgan fingerprint density at radius 2 is 2.00 bits per heavy atom. The molecule has 23 heavy (non-hydrogen) atoms. The van der Waals surface area contributed by atoms with E-state index in [0.717, 1.165) is 24.6 Å². The first-order chi connectivity index (χ1) is 11.3. The van der Waals surface area contributed by atoms with Crippen LogP contribution in [0.2, 0.25) is 0 Å².